The molecule has 2 aromatic carbocycles. The van der Waals surface area contributed by atoms with Gasteiger partial charge >= 0.3 is 0 Å². The van der Waals surface area contributed by atoms with Gasteiger partial charge in [0, 0.05) is 11.6 Å². The fourth-order valence-electron chi connectivity index (χ4n) is 2.40. The summed E-state index contributed by atoms with van der Waals surface area (Å²) in [4.78, 5) is 16.6. The summed E-state index contributed by atoms with van der Waals surface area (Å²) in [5, 5.41) is 1.37. The molecule has 1 aromatic heterocycles. The maximum atomic E-state index is 12.3. The molecule has 1 heterocycles. The van der Waals surface area contributed by atoms with Crippen LogP contribution in [-0.4, -0.2) is 16.2 Å². The van der Waals surface area contributed by atoms with Crippen molar-refractivity contribution in [1.82, 2.24) is 9.55 Å². The monoisotopic (exact) mass is 328 g/mol. The molecule has 0 N–H and O–H groups in total. The third-order valence-electron chi connectivity index (χ3n) is 3.67. The zero-order valence-electron chi connectivity index (χ0n) is 12.8. The molecular formula is C18H17ClN2O2. The minimum Gasteiger partial charge on any atom is -0.494 e. The van der Waals surface area contributed by atoms with Crippen molar-refractivity contribution in [2.24, 2.45) is 0 Å². The molecule has 0 saturated carbocycles. The molecule has 0 aliphatic rings. The van der Waals surface area contributed by atoms with E-state index in [2.05, 4.69) is 4.98 Å². The fraction of sp³-hybridized carbons (Fsp3) is 0.222. The van der Waals surface area contributed by atoms with Gasteiger partial charge in [0.25, 0.3) is 5.56 Å². The van der Waals surface area contributed by atoms with Gasteiger partial charge in [0.15, 0.2) is 0 Å². The predicted molar refractivity (Wildman–Crippen MR) is 92.3 cm³/mol. The summed E-state index contributed by atoms with van der Waals surface area (Å²) in [6, 6.07) is 12.9. The van der Waals surface area contributed by atoms with Crippen LogP contribution in [0.5, 0.6) is 5.75 Å². The van der Waals surface area contributed by atoms with Crippen molar-refractivity contribution in [3.05, 3.63) is 69.7 Å². The number of hydrogen-bond donors (Lipinski definition) is 0. The minimum atomic E-state index is -0.0158. The Bertz CT molecular complexity index is 890. The summed E-state index contributed by atoms with van der Waals surface area (Å²) < 4.78 is 7.32. The molecule has 118 valence electrons. The predicted octanol–water partition coefficient (Wildman–Crippen LogP) is 3.83. The quantitative estimate of drug-likeness (QED) is 0.669. The van der Waals surface area contributed by atoms with Gasteiger partial charge in [-0.1, -0.05) is 23.7 Å². The molecule has 0 spiro atoms. The first-order chi connectivity index (χ1) is 11.1. The summed E-state index contributed by atoms with van der Waals surface area (Å²) >= 11 is 5.99. The van der Waals surface area contributed by atoms with Crippen LogP contribution in [0.4, 0.5) is 0 Å². The highest BCUT2D eigenvalue weighted by Gasteiger charge is 2.03. The van der Waals surface area contributed by atoms with Crippen LogP contribution < -0.4 is 10.3 Å². The number of halogens is 1. The van der Waals surface area contributed by atoms with Gasteiger partial charge in [0.1, 0.15) is 5.75 Å². The van der Waals surface area contributed by atoms with Crippen LogP contribution in [0.15, 0.2) is 53.6 Å². The molecule has 0 saturated heterocycles. The van der Waals surface area contributed by atoms with Crippen molar-refractivity contribution in [2.75, 3.05) is 6.61 Å². The van der Waals surface area contributed by atoms with Gasteiger partial charge in [-0.05, 0) is 49.2 Å². The third-order valence-corrected chi connectivity index (χ3v) is 4.10. The smallest absolute Gasteiger partial charge is 0.261 e. The summed E-state index contributed by atoms with van der Waals surface area (Å²) in [5.74, 6) is 0.788. The van der Waals surface area contributed by atoms with E-state index in [1.54, 1.807) is 17.0 Å². The molecule has 0 unspecified atom stereocenters. The third kappa shape index (κ3) is 3.54. The Morgan fingerprint density at radius 1 is 1.22 bits per heavy atom. The number of aryl methyl sites for hydroxylation is 2. The van der Waals surface area contributed by atoms with Gasteiger partial charge < -0.3 is 4.74 Å². The van der Waals surface area contributed by atoms with Crippen LogP contribution in [0.2, 0.25) is 5.02 Å². The normalized spacial score (nSPS) is 10.9. The second-order valence-corrected chi connectivity index (χ2v) is 5.78. The molecular weight excluding hydrogens is 312 g/mol. The summed E-state index contributed by atoms with van der Waals surface area (Å²) in [7, 11) is 0. The van der Waals surface area contributed by atoms with Crippen LogP contribution in [0.1, 0.15) is 12.0 Å². The zero-order valence-corrected chi connectivity index (χ0v) is 13.6. The average Bonchev–Trinajstić information content (AvgIpc) is 2.57. The van der Waals surface area contributed by atoms with Crippen LogP contribution in [-0.2, 0) is 6.54 Å². The second-order valence-electron chi connectivity index (χ2n) is 5.37. The number of para-hydroxylation sites is 1. The largest absolute Gasteiger partial charge is 0.494 e. The number of benzene rings is 2. The van der Waals surface area contributed by atoms with Gasteiger partial charge in [0.2, 0.25) is 0 Å². The first-order valence-corrected chi connectivity index (χ1v) is 7.86. The van der Waals surface area contributed by atoms with E-state index in [0.717, 1.165) is 28.3 Å². The lowest BCUT2D eigenvalue weighted by Crippen LogP contribution is -2.21. The Morgan fingerprint density at radius 3 is 2.87 bits per heavy atom. The molecule has 0 aliphatic heterocycles. The van der Waals surface area contributed by atoms with E-state index in [9.17, 15) is 4.79 Å². The maximum Gasteiger partial charge on any atom is 0.261 e. The van der Waals surface area contributed by atoms with Gasteiger partial charge in [-0.3, -0.25) is 9.36 Å². The maximum absolute atomic E-state index is 12.3. The highest BCUT2D eigenvalue weighted by atomic mass is 35.5. The van der Waals surface area contributed by atoms with Crippen LogP contribution >= 0.6 is 11.6 Å². The Morgan fingerprint density at radius 2 is 2.04 bits per heavy atom. The van der Waals surface area contributed by atoms with Crippen LogP contribution in [0, 0.1) is 6.92 Å². The molecule has 0 bridgehead atoms. The molecule has 5 heteroatoms. The lowest BCUT2D eigenvalue weighted by Gasteiger charge is -2.09. The average molecular weight is 329 g/mol. The first-order valence-electron chi connectivity index (χ1n) is 7.48. The highest BCUT2D eigenvalue weighted by molar-refractivity contribution is 6.31. The minimum absolute atomic E-state index is 0.0158. The number of nitrogens with zero attached hydrogens (tertiary/aromatic N) is 2. The number of fused-ring (bicyclic) bond motifs is 1. The van der Waals surface area contributed by atoms with E-state index in [4.69, 9.17) is 16.3 Å². The lowest BCUT2D eigenvalue weighted by atomic mass is 10.2. The lowest BCUT2D eigenvalue weighted by molar-refractivity contribution is 0.300. The van der Waals surface area contributed by atoms with Crippen molar-refractivity contribution in [3.8, 4) is 5.75 Å². The second kappa shape index (κ2) is 6.84. The van der Waals surface area contributed by atoms with Gasteiger partial charge in [-0.25, -0.2) is 4.98 Å². The van der Waals surface area contributed by atoms with E-state index in [1.807, 2.05) is 43.3 Å². The number of aromatic nitrogens is 2. The van der Waals surface area contributed by atoms with Crippen molar-refractivity contribution < 1.29 is 4.74 Å². The van der Waals surface area contributed by atoms with Crippen molar-refractivity contribution >= 4 is 22.5 Å². The molecule has 0 atom stereocenters. The first kappa shape index (κ1) is 15.6. The molecule has 23 heavy (non-hydrogen) atoms. The number of ether oxygens (including phenoxy) is 1. The van der Waals surface area contributed by atoms with Crippen molar-refractivity contribution in [1.29, 1.82) is 0 Å². The van der Waals surface area contributed by atoms with Crippen molar-refractivity contribution in [3.63, 3.8) is 0 Å². The van der Waals surface area contributed by atoms with E-state index in [1.165, 1.54) is 0 Å². The molecule has 3 rings (SSSR count). The van der Waals surface area contributed by atoms with E-state index in [0.29, 0.717) is 18.5 Å². The van der Waals surface area contributed by atoms with E-state index in [-0.39, 0.29) is 5.56 Å². The Balaban J connectivity index is 1.61. The molecule has 4 nitrogen and oxygen atoms in total. The van der Waals surface area contributed by atoms with E-state index >= 15 is 0 Å². The highest BCUT2D eigenvalue weighted by Crippen LogP contribution is 2.21. The standard InChI is InChI=1S/C18H17ClN2O2/c1-13-11-14(7-8-16(13)19)23-10-4-9-21-12-20-17-6-3-2-5-15(17)18(21)22/h2-3,5-8,11-12H,4,9-10H2,1H3. The molecule has 0 amide bonds. The Kier molecular flexibility index (Phi) is 4.63. The number of rotatable bonds is 5. The van der Waals surface area contributed by atoms with Crippen LogP contribution in [0.3, 0.4) is 0 Å². The number of hydrogen-bond acceptors (Lipinski definition) is 3. The summed E-state index contributed by atoms with van der Waals surface area (Å²) in [6.07, 6.45) is 2.32. The van der Waals surface area contributed by atoms with Crippen molar-refractivity contribution in [2.45, 2.75) is 19.9 Å². The Labute approximate surface area is 139 Å². The topological polar surface area (TPSA) is 44.1 Å². The zero-order chi connectivity index (χ0) is 16.2. The molecule has 0 radical (unpaired) electrons. The molecule has 0 aliphatic carbocycles. The van der Waals surface area contributed by atoms with Gasteiger partial charge in [0.05, 0.1) is 23.8 Å². The molecule has 0 fully saturated rings. The fourth-order valence-corrected chi connectivity index (χ4v) is 2.51. The summed E-state index contributed by atoms with van der Waals surface area (Å²) in [6.45, 7) is 3.04. The van der Waals surface area contributed by atoms with E-state index < -0.39 is 0 Å². The molecule has 3 aromatic rings. The van der Waals surface area contributed by atoms with Gasteiger partial charge in [-0.2, -0.15) is 0 Å². The Hall–Kier alpha value is -2.33. The SMILES string of the molecule is Cc1cc(OCCCn2cnc3ccccc3c2=O)ccc1Cl. The van der Waals surface area contributed by atoms with Gasteiger partial charge in [-0.15, -0.1) is 0 Å². The van der Waals surface area contributed by atoms with Crippen LogP contribution in [0.25, 0.3) is 10.9 Å². The summed E-state index contributed by atoms with van der Waals surface area (Å²) in [5.41, 5.74) is 1.69.